The minimum Gasteiger partial charge on any atom is -0.481 e. The number of hydrogen-bond donors (Lipinski definition) is 2. The topological polar surface area (TPSA) is 84.2 Å². The second-order valence-corrected chi connectivity index (χ2v) is 5.54. The normalized spacial score (nSPS) is 12.9. The maximum Gasteiger partial charge on any atom is 0.308 e. The summed E-state index contributed by atoms with van der Waals surface area (Å²) in [6.07, 6.45) is 2.90. The first-order valence-corrected chi connectivity index (χ1v) is 6.99. The third-order valence-corrected chi connectivity index (χ3v) is 3.66. The van der Waals surface area contributed by atoms with Crippen LogP contribution in [-0.4, -0.2) is 33.3 Å². The summed E-state index contributed by atoms with van der Waals surface area (Å²) >= 11 is 6.05. The lowest BCUT2D eigenvalue weighted by molar-refractivity contribution is -0.143. The summed E-state index contributed by atoms with van der Waals surface area (Å²) in [5.41, 5.74) is 1.39. The molecule has 0 aromatic carbocycles. The number of aliphatic carboxylic acids is 1. The van der Waals surface area contributed by atoms with E-state index in [1.807, 2.05) is 0 Å². The number of halogens is 1. The molecule has 1 atom stereocenters. The Bertz CT molecular complexity index is 564. The van der Waals surface area contributed by atoms with Crippen LogP contribution < -0.4 is 5.32 Å². The van der Waals surface area contributed by atoms with Crippen LogP contribution in [0, 0.1) is 18.8 Å². The summed E-state index contributed by atoms with van der Waals surface area (Å²) in [5, 5.41) is 16.2. The summed E-state index contributed by atoms with van der Waals surface area (Å²) in [7, 11) is 1.72. The molecule has 0 saturated heterocycles. The van der Waals surface area contributed by atoms with Crippen molar-refractivity contribution in [2.75, 3.05) is 6.54 Å². The lowest BCUT2D eigenvalue weighted by Gasteiger charge is -2.15. The molecule has 6 nitrogen and oxygen atoms in total. The van der Waals surface area contributed by atoms with Crippen LogP contribution in [0.4, 0.5) is 0 Å². The molecule has 0 spiro atoms. The number of nitrogens with zero attached hydrogens (tertiary/aromatic N) is 2. The number of aromatic nitrogens is 2. The molecule has 1 heterocycles. The van der Waals surface area contributed by atoms with Crippen molar-refractivity contribution in [1.82, 2.24) is 15.1 Å². The minimum atomic E-state index is -0.916. The fourth-order valence-electron chi connectivity index (χ4n) is 1.87. The summed E-state index contributed by atoms with van der Waals surface area (Å²) < 4.78 is 1.52. The molecule has 1 aromatic heterocycles. The molecule has 116 valence electrons. The highest BCUT2D eigenvalue weighted by atomic mass is 35.5. The van der Waals surface area contributed by atoms with Gasteiger partial charge < -0.3 is 10.4 Å². The summed E-state index contributed by atoms with van der Waals surface area (Å²) in [5.74, 6) is -1.94. The van der Waals surface area contributed by atoms with Gasteiger partial charge in [-0.05, 0) is 18.9 Å². The molecule has 7 heteroatoms. The quantitative estimate of drug-likeness (QED) is 0.785. The zero-order valence-corrected chi connectivity index (χ0v) is 13.3. The van der Waals surface area contributed by atoms with Gasteiger partial charge in [0.25, 0.3) is 0 Å². The second-order valence-electron chi connectivity index (χ2n) is 5.18. The highest BCUT2D eigenvalue weighted by molar-refractivity contribution is 6.31. The molecule has 21 heavy (non-hydrogen) atoms. The van der Waals surface area contributed by atoms with Crippen molar-refractivity contribution >= 4 is 29.6 Å². The third kappa shape index (κ3) is 4.60. The van der Waals surface area contributed by atoms with Crippen LogP contribution in [0.15, 0.2) is 6.08 Å². The molecule has 1 aromatic rings. The van der Waals surface area contributed by atoms with Gasteiger partial charge >= 0.3 is 5.97 Å². The zero-order valence-electron chi connectivity index (χ0n) is 12.6. The van der Waals surface area contributed by atoms with Gasteiger partial charge in [-0.15, -0.1) is 0 Å². The van der Waals surface area contributed by atoms with E-state index in [0.29, 0.717) is 10.7 Å². The predicted molar refractivity (Wildman–Crippen MR) is 81.0 cm³/mol. The van der Waals surface area contributed by atoms with Crippen LogP contribution in [0.25, 0.3) is 6.08 Å². The van der Waals surface area contributed by atoms with Gasteiger partial charge in [-0.1, -0.05) is 25.4 Å². The fourth-order valence-corrected chi connectivity index (χ4v) is 2.11. The Morgan fingerprint density at radius 1 is 1.48 bits per heavy atom. The highest BCUT2D eigenvalue weighted by Crippen LogP contribution is 2.19. The van der Waals surface area contributed by atoms with Crippen molar-refractivity contribution in [2.45, 2.75) is 20.8 Å². The van der Waals surface area contributed by atoms with Gasteiger partial charge in [0.05, 0.1) is 11.6 Å². The van der Waals surface area contributed by atoms with Crippen molar-refractivity contribution in [2.24, 2.45) is 18.9 Å². The number of carbonyl (C=O) groups excluding carboxylic acids is 1. The van der Waals surface area contributed by atoms with Crippen molar-refractivity contribution in [1.29, 1.82) is 0 Å². The van der Waals surface area contributed by atoms with E-state index in [0.717, 1.165) is 5.69 Å². The Balaban J connectivity index is 2.65. The van der Waals surface area contributed by atoms with Gasteiger partial charge in [-0.3, -0.25) is 14.3 Å². The Morgan fingerprint density at radius 2 is 2.10 bits per heavy atom. The highest BCUT2D eigenvalue weighted by Gasteiger charge is 2.21. The van der Waals surface area contributed by atoms with E-state index < -0.39 is 11.9 Å². The monoisotopic (exact) mass is 313 g/mol. The van der Waals surface area contributed by atoms with Gasteiger partial charge in [0.1, 0.15) is 5.15 Å². The molecule has 1 amide bonds. The largest absolute Gasteiger partial charge is 0.481 e. The van der Waals surface area contributed by atoms with E-state index in [9.17, 15) is 9.59 Å². The van der Waals surface area contributed by atoms with E-state index in [2.05, 4.69) is 10.4 Å². The van der Waals surface area contributed by atoms with E-state index in [1.54, 1.807) is 33.9 Å². The zero-order chi connectivity index (χ0) is 16.2. The van der Waals surface area contributed by atoms with Gasteiger partial charge in [0.2, 0.25) is 5.91 Å². The van der Waals surface area contributed by atoms with Crippen molar-refractivity contribution in [3.05, 3.63) is 22.5 Å². The summed E-state index contributed by atoms with van der Waals surface area (Å²) in [6.45, 7) is 5.50. The van der Waals surface area contributed by atoms with Gasteiger partial charge in [0.15, 0.2) is 0 Å². The van der Waals surface area contributed by atoms with Crippen molar-refractivity contribution < 1.29 is 14.7 Å². The van der Waals surface area contributed by atoms with Crippen LogP contribution in [-0.2, 0) is 16.6 Å². The molecule has 0 radical (unpaired) electrons. The summed E-state index contributed by atoms with van der Waals surface area (Å²) in [4.78, 5) is 22.8. The Kier molecular flexibility index (Phi) is 5.96. The molecule has 2 N–H and O–H groups in total. The average Bonchev–Trinajstić information content (AvgIpc) is 2.60. The number of nitrogens with one attached hydrogen (secondary N) is 1. The lowest BCUT2D eigenvalue weighted by atomic mass is 9.96. The molecule has 0 aliphatic carbocycles. The van der Waals surface area contributed by atoms with E-state index in [1.165, 1.54) is 10.8 Å². The summed E-state index contributed by atoms with van der Waals surface area (Å²) in [6, 6.07) is 0. The average molecular weight is 314 g/mol. The number of amides is 1. The van der Waals surface area contributed by atoms with Crippen molar-refractivity contribution in [3.8, 4) is 0 Å². The first kappa shape index (κ1) is 17.2. The van der Waals surface area contributed by atoms with Gasteiger partial charge in [-0.25, -0.2) is 0 Å². The first-order chi connectivity index (χ1) is 9.73. The maximum atomic E-state index is 11.7. The van der Waals surface area contributed by atoms with E-state index in [-0.39, 0.29) is 18.4 Å². The molecule has 0 aliphatic rings. The third-order valence-electron chi connectivity index (χ3n) is 3.22. The Hall–Kier alpha value is -1.82. The Labute approximate surface area is 128 Å². The molecular formula is C14H20ClN3O3. The number of carbonyl (C=O) groups is 2. The van der Waals surface area contributed by atoms with Crippen LogP contribution in [0.3, 0.4) is 0 Å². The second kappa shape index (κ2) is 7.26. The minimum absolute atomic E-state index is 0.0539. The molecule has 0 aliphatic heterocycles. The van der Waals surface area contributed by atoms with Gasteiger partial charge in [0, 0.05) is 25.2 Å². The number of aryl methyl sites for hydroxylation is 2. The molecule has 0 saturated carbocycles. The SMILES string of the molecule is Cc1nn(C)c(Cl)c1C=CC(=O)NCC(C(=O)O)C(C)C. The number of carboxylic acid groups (broad SMARTS) is 1. The molecule has 0 bridgehead atoms. The maximum absolute atomic E-state index is 11.7. The molecule has 0 fully saturated rings. The standard InChI is InChI=1S/C14H20ClN3O3/c1-8(2)11(14(20)21)7-16-12(19)6-5-10-9(3)17-18(4)13(10)15/h5-6,8,11H,7H2,1-4H3,(H,16,19)(H,20,21). The number of rotatable bonds is 6. The Morgan fingerprint density at radius 3 is 2.52 bits per heavy atom. The predicted octanol–water partition coefficient (Wildman–Crippen LogP) is 1.87. The molecule has 1 rings (SSSR count). The molecular weight excluding hydrogens is 294 g/mol. The van der Waals surface area contributed by atoms with Crippen LogP contribution >= 0.6 is 11.6 Å². The number of hydrogen-bond acceptors (Lipinski definition) is 3. The molecule has 1 unspecified atom stereocenters. The first-order valence-electron chi connectivity index (χ1n) is 6.61. The van der Waals surface area contributed by atoms with Gasteiger partial charge in [-0.2, -0.15) is 5.10 Å². The number of carboxylic acids is 1. The van der Waals surface area contributed by atoms with E-state index >= 15 is 0 Å². The lowest BCUT2D eigenvalue weighted by Crippen LogP contribution is -2.34. The van der Waals surface area contributed by atoms with Crippen molar-refractivity contribution in [3.63, 3.8) is 0 Å². The van der Waals surface area contributed by atoms with Crippen LogP contribution in [0.2, 0.25) is 5.15 Å². The smallest absolute Gasteiger partial charge is 0.308 e. The van der Waals surface area contributed by atoms with E-state index in [4.69, 9.17) is 16.7 Å². The fraction of sp³-hybridized carbons (Fsp3) is 0.500. The van der Waals surface area contributed by atoms with Crippen LogP contribution in [0.1, 0.15) is 25.1 Å². The van der Waals surface area contributed by atoms with Crippen LogP contribution in [0.5, 0.6) is 0 Å².